The highest BCUT2D eigenvalue weighted by Gasteiger charge is 2.34. The minimum absolute atomic E-state index is 0.0370. The highest BCUT2D eigenvalue weighted by molar-refractivity contribution is 5.82. The van der Waals surface area contributed by atoms with Crippen LogP contribution in [0.1, 0.15) is 57.2 Å². The number of nitrogens with zero attached hydrogens (tertiary/aromatic N) is 3. The van der Waals surface area contributed by atoms with Gasteiger partial charge in [-0.05, 0) is 32.2 Å². The minimum atomic E-state index is -0.0370. The fourth-order valence-electron chi connectivity index (χ4n) is 2.58. The maximum Gasteiger partial charge on any atom is 0.240 e. The first-order chi connectivity index (χ1) is 9.63. The SMILES string of the molecule is CC(C)c1noc(CN2CCCC2C(=O)NC2CC2)n1. The maximum atomic E-state index is 12.2. The van der Waals surface area contributed by atoms with Crippen LogP contribution in [0.5, 0.6) is 0 Å². The van der Waals surface area contributed by atoms with Crippen molar-refractivity contribution >= 4 is 5.91 Å². The molecule has 20 heavy (non-hydrogen) atoms. The molecule has 2 aliphatic rings. The van der Waals surface area contributed by atoms with Crippen LogP contribution in [-0.4, -0.2) is 39.6 Å². The third-order valence-electron chi connectivity index (χ3n) is 3.93. The van der Waals surface area contributed by atoms with Gasteiger partial charge >= 0.3 is 0 Å². The summed E-state index contributed by atoms with van der Waals surface area (Å²) >= 11 is 0. The standard InChI is InChI=1S/C14H22N4O2/c1-9(2)13-16-12(20-17-13)8-18-7-3-4-11(18)14(19)15-10-5-6-10/h9-11H,3-8H2,1-2H3,(H,15,19). The van der Waals surface area contributed by atoms with Crippen molar-refractivity contribution < 1.29 is 9.32 Å². The number of carbonyl (C=O) groups excluding carboxylic acids is 1. The zero-order valence-electron chi connectivity index (χ0n) is 12.1. The highest BCUT2D eigenvalue weighted by Crippen LogP contribution is 2.23. The number of rotatable bonds is 5. The Morgan fingerprint density at radius 1 is 1.45 bits per heavy atom. The van der Waals surface area contributed by atoms with Crippen molar-refractivity contribution in [2.75, 3.05) is 6.54 Å². The van der Waals surface area contributed by atoms with Gasteiger partial charge in [-0.2, -0.15) is 4.98 Å². The second-order valence-electron chi connectivity index (χ2n) is 6.11. The molecule has 0 bridgehead atoms. The lowest BCUT2D eigenvalue weighted by Gasteiger charge is -2.21. The lowest BCUT2D eigenvalue weighted by molar-refractivity contribution is -0.125. The van der Waals surface area contributed by atoms with Crippen LogP contribution in [0.2, 0.25) is 0 Å². The zero-order valence-corrected chi connectivity index (χ0v) is 12.1. The van der Waals surface area contributed by atoms with E-state index in [0.717, 1.165) is 38.1 Å². The van der Waals surface area contributed by atoms with Crippen LogP contribution < -0.4 is 5.32 Å². The quantitative estimate of drug-likeness (QED) is 0.882. The second-order valence-corrected chi connectivity index (χ2v) is 6.11. The lowest BCUT2D eigenvalue weighted by atomic mass is 10.2. The van der Waals surface area contributed by atoms with E-state index in [2.05, 4.69) is 20.4 Å². The van der Waals surface area contributed by atoms with E-state index in [0.29, 0.717) is 18.5 Å². The van der Waals surface area contributed by atoms with Crippen molar-refractivity contribution in [2.24, 2.45) is 0 Å². The predicted molar refractivity (Wildman–Crippen MR) is 73.0 cm³/mol. The van der Waals surface area contributed by atoms with Crippen molar-refractivity contribution in [1.82, 2.24) is 20.4 Å². The molecule has 1 aliphatic carbocycles. The first kappa shape index (κ1) is 13.5. The van der Waals surface area contributed by atoms with Crippen LogP contribution in [-0.2, 0) is 11.3 Å². The summed E-state index contributed by atoms with van der Waals surface area (Å²) in [6, 6.07) is 0.380. The monoisotopic (exact) mass is 278 g/mol. The van der Waals surface area contributed by atoms with Gasteiger partial charge in [0.05, 0.1) is 12.6 Å². The summed E-state index contributed by atoms with van der Waals surface area (Å²) in [5, 5.41) is 7.06. The van der Waals surface area contributed by atoms with Crippen LogP contribution in [0.15, 0.2) is 4.52 Å². The zero-order chi connectivity index (χ0) is 14.1. The Labute approximate surface area is 118 Å². The average Bonchev–Trinajstić information content (AvgIpc) is 2.93. The largest absolute Gasteiger partial charge is 0.352 e. The first-order valence-electron chi connectivity index (χ1n) is 7.50. The van der Waals surface area contributed by atoms with Gasteiger partial charge in [-0.25, -0.2) is 0 Å². The molecular formula is C14H22N4O2. The van der Waals surface area contributed by atoms with E-state index < -0.39 is 0 Å². The Morgan fingerprint density at radius 3 is 2.90 bits per heavy atom. The molecule has 6 heteroatoms. The van der Waals surface area contributed by atoms with Crippen LogP contribution in [0.4, 0.5) is 0 Å². The van der Waals surface area contributed by atoms with Crippen LogP contribution in [0.25, 0.3) is 0 Å². The number of nitrogens with one attached hydrogen (secondary N) is 1. The molecule has 1 atom stereocenters. The molecule has 6 nitrogen and oxygen atoms in total. The Balaban J connectivity index is 1.60. The number of hydrogen-bond donors (Lipinski definition) is 1. The van der Waals surface area contributed by atoms with Gasteiger partial charge in [0.15, 0.2) is 5.82 Å². The normalized spacial score (nSPS) is 23.4. The van der Waals surface area contributed by atoms with Gasteiger partial charge in [0, 0.05) is 12.0 Å². The number of hydrogen-bond acceptors (Lipinski definition) is 5. The molecule has 1 saturated carbocycles. The molecule has 1 aliphatic heterocycles. The average molecular weight is 278 g/mol. The Morgan fingerprint density at radius 2 is 2.25 bits per heavy atom. The van der Waals surface area contributed by atoms with Gasteiger partial charge in [-0.1, -0.05) is 19.0 Å². The Kier molecular flexibility index (Phi) is 3.74. The number of carbonyl (C=O) groups is 1. The molecule has 0 aromatic carbocycles. The summed E-state index contributed by atoms with van der Waals surface area (Å²) in [4.78, 5) is 18.7. The molecule has 1 aromatic heterocycles. The third kappa shape index (κ3) is 3.00. The molecule has 0 spiro atoms. The van der Waals surface area contributed by atoms with E-state index in [4.69, 9.17) is 4.52 Å². The van der Waals surface area contributed by atoms with Crippen LogP contribution in [0, 0.1) is 0 Å². The van der Waals surface area contributed by atoms with Crippen molar-refractivity contribution in [2.45, 2.75) is 64.1 Å². The molecular weight excluding hydrogens is 256 g/mol. The smallest absolute Gasteiger partial charge is 0.240 e. The van der Waals surface area contributed by atoms with Crippen LogP contribution in [0.3, 0.4) is 0 Å². The van der Waals surface area contributed by atoms with Crippen molar-refractivity contribution in [3.63, 3.8) is 0 Å². The Bertz CT molecular complexity index is 481. The fourth-order valence-corrected chi connectivity index (χ4v) is 2.58. The van der Waals surface area contributed by atoms with Crippen LogP contribution >= 0.6 is 0 Å². The summed E-state index contributed by atoms with van der Waals surface area (Å²) in [5.41, 5.74) is 0. The maximum absolute atomic E-state index is 12.2. The Hall–Kier alpha value is -1.43. The van der Waals surface area contributed by atoms with Gasteiger partial charge in [-0.3, -0.25) is 9.69 Å². The van der Waals surface area contributed by atoms with Crippen molar-refractivity contribution in [1.29, 1.82) is 0 Å². The first-order valence-corrected chi connectivity index (χ1v) is 7.50. The van der Waals surface area contributed by atoms with E-state index in [1.807, 2.05) is 13.8 Å². The van der Waals surface area contributed by atoms with Gasteiger partial charge in [-0.15, -0.1) is 0 Å². The van der Waals surface area contributed by atoms with Crippen molar-refractivity contribution in [3.8, 4) is 0 Å². The van der Waals surface area contributed by atoms with E-state index in [1.54, 1.807) is 0 Å². The summed E-state index contributed by atoms with van der Waals surface area (Å²) < 4.78 is 5.27. The van der Waals surface area contributed by atoms with Crippen molar-refractivity contribution in [3.05, 3.63) is 11.7 Å². The third-order valence-corrected chi connectivity index (χ3v) is 3.93. The second kappa shape index (κ2) is 5.52. The van der Waals surface area contributed by atoms with Gasteiger partial charge in [0.1, 0.15) is 0 Å². The number of aromatic nitrogens is 2. The summed E-state index contributed by atoms with van der Waals surface area (Å²) in [5.74, 6) is 1.77. The summed E-state index contributed by atoms with van der Waals surface area (Å²) in [6.45, 7) is 5.57. The number of likely N-dealkylation sites (tertiary alicyclic amines) is 1. The van der Waals surface area contributed by atoms with Gasteiger partial charge in [0.2, 0.25) is 11.8 Å². The molecule has 0 radical (unpaired) electrons. The molecule has 1 amide bonds. The van der Waals surface area contributed by atoms with E-state index in [9.17, 15) is 4.79 Å². The van der Waals surface area contributed by atoms with Gasteiger partial charge in [0.25, 0.3) is 0 Å². The van der Waals surface area contributed by atoms with E-state index in [1.165, 1.54) is 0 Å². The van der Waals surface area contributed by atoms with E-state index in [-0.39, 0.29) is 17.9 Å². The topological polar surface area (TPSA) is 71.3 Å². The minimum Gasteiger partial charge on any atom is -0.352 e. The highest BCUT2D eigenvalue weighted by atomic mass is 16.5. The molecule has 2 heterocycles. The molecule has 2 fully saturated rings. The number of amides is 1. The molecule has 1 N–H and O–H groups in total. The van der Waals surface area contributed by atoms with E-state index >= 15 is 0 Å². The molecule has 1 unspecified atom stereocenters. The molecule has 3 rings (SSSR count). The molecule has 1 aromatic rings. The van der Waals surface area contributed by atoms with Gasteiger partial charge < -0.3 is 9.84 Å². The summed E-state index contributed by atoms with van der Waals surface area (Å²) in [7, 11) is 0. The summed E-state index contributed by atoms with van der Waals surface area (Å²) in [6.07, 6.45) is 4.22. The lowest BCUT2D eigenvalue weighted by Crippen LogP contribution is -2.43. The molecule has 110 valence electrons. The fraction of sp³-hybridized carbons (Fsp3) is 0.786. The molecule has 1 saturated heterocycles. The predicted octanol–water partition coefficient (Wildman–Crippen LogP) is 1.44.